The fourth-order valence-corrected chi connectivity index (χ4v) is 2.60. The van der Waals surface area contributed by atoms with Gasteiger partial charge in [-0.05, 0) is 34.7 Å². The van der Waals surface area contributed by atoms with Gasteiger partial charge in [-0.1, -0.05) is 6.92 Å². The Kier molecular flexibility index (Phi) is 9.67. The number of carbonyl (C=O) groups is 1. The Balaban J connectivity index is 0. The van der Waals surface area contributed by atoms with Crippen molar-refractivity contribution in [3.05, 3.63) is 15.6 Å². The molecule has 7 heteroatoms. The fourth-order valence-electron chi connectivity index (χ4n) is 1.62. The summed E-state index contributed by atoms with van der Waals surface area (Å²) in [5.74, 6) is 0.0105. The smallest absolute Gasteiger partial charge is 0.224 e. The van der Waals surface area contributed by atoms with Crippen molar-refractivity contribution in [1.82, 2.24) is 15.6 Å². The molecule has 0 aliphatic carbocycles. The lowest BCUT2D eigenvalue weighted by Crippen LogP contribution is -2.45. The summed E-state index contributed by atoms with van der Waals surface area (Å²) in [5.41, 5.74) is 0.628. The van der Waals surface area contributed by atoms with Gasteiger partial charge in [0.1, 0.15) is 5.01 Å². The van der Waals surface area contributed by atoms with Crippen LogP contribution in [0, 0.1) is 19.8 Å². The average molecular weight is 342 g/mol. The number of amides is 1. The normalized spacial score (nSPS) is 12.1. The second-order valence-corrected chi connectivity index (χ2v) is 6.44. The molecule has 2 N–H and O–H groups in total. The summed E-state index contributed by atoms with van der Waals surface area (Å²) in [4.78, 5) is 17.8. The van der Waals surface area contributed by atoms with E-state index in [9.17, 15) is 4.79 Å². The summed E-state index contributed by atoms with van der Waals surface area (Å²) >= 11 is 1.65. The van der Waals surface area contributed by atoms with Crippen molar-refractivity contribution in [2.24, 2.45) is 5.92 Å². The second kappa shape index (κ2) is 8.82. The summed E-state index contributed by atoms with van der Waals surface area (Å²) in [6.45, 7) is 10.6. The van der Waals surface area contributed by atoms with E-state index in [-0.39, 0.29) is 36.6 Å². The molecular formula is C13H25Cl2N3OS. The van der Waals surface area contributed by atoms with Gasteiger partial charge < -0.3 is 10.6 Å². The lowest BCUT2D eigenvalue weighted by molar-refractivity contribution is -0.126. The number of hydrogen-bond donors (Lipinski definition) is 2. The number of nitrogens with one attached hydrogen (secondary N) is 2. The lowest BCUT2D eigenvalue weighted by Gasteiger charge is -2.25. The summed E-state index contributed by atoms with van der Waals surface area (Å²) in [6.07, 6.45) is 0. The van der Waals surface area contributed by atoms with Gasteiger partial charge in [0, 0.05) is 17.3 Å². The quantitative estimate of drug-likeness (QED) is 0.865. The third-order valence-corrected chi connectivity index (χ3v) is 4.35. The van der Waals surface area contributed by atoms with E-state index in [4.69, 9.17) is 0 Å². The zero-order valence-corrected chi connectivity index (χ0v) is 15.3. The van der Waals surface area contributed by atoms with Crippen LogP contribution >= 0.6 is 36.2 Å². The van der Waals surface area contributed by atoms with E-state index in [1.807, 2.05) is 34.7 Å². The minimum atomic E-state index is -0.414. The van der Waals surface area contributed by atoms with E-state index in [1.54, 1.807) is 11.3 Å². The third kappa shape index (κ3) is 5.56. The van der Waals surface area contributed by atoms with E-state index in [2.05, 4.69) is 22.5 Å². The molecular weight excluding hydrogens is 317 g/mol. The molecule has 1 rings (SSSR count). The van der Waals surface area contributed by atoms with Gasteiger partial charge in [0.25, 0.3) is 0 Å². The van der Waals surface area contributed by atoms with Gasteiger partial charge in [-0.15, -0.1) is 36.2 Å². The standard InChI is InChI=1S/C13H23N3OS.2ClH/c1-8(7-14-6)11(17)16-13(4,5)12-15-9(2)10(3)18-12;;/h8,14H,7H2,1-6H3,(H,16,17);2*1H. The monoisotopic (exact) mass is 341 g/mol. The van der Waals surface area contributed by atoms with E-state index in [0.29, 0.717) is 6.54 Å². The molecule has 20 heavy (non-hydrogen) atoms. The maximum absolute atomic E-state index is 12.0. The van der Waals surface area contributed by atoms with Gasteiger partial charge in [-0.25, -0.2) is 4.98 Å². The van der Waals surface area contributed by atoms with Gasteiger partial charge in [-0.2, -0.15) is 0 Å². The molecule has 1 amide bonds. The van der Waals surface area contributed by atoms with E-state index >= 15 is 0 Å². The number of carbonyl (C=O) groups excluding carboxylic acids is 1. The Morgan fingerprint density at radius 3 is 2.30 bits per heavy atom. The van der Waals surface area contributed by atoms with Crippen LogP contribution in [0.4, 0.5) is 0 Å². The molecule has 0 radical (unpaired) electrons. The summed E-state index contributed by atoms with van der Waals surface area (Å²) < 4.78 is 0. The van der Waals surface area contributed by atoms with Gasteiger partial charge in [0.15, 0.2) is 0 Å². The average Bonchev–Trinajstić information content (AvgIpc) is 2.60. The van der Waals surface area contributed by atoms with Crippen LogP contribution in [0.5, 0.6) is 0 Å². The molecule has 1 aromatic heterocycles. The minimum Gasteiger partial charge on any atom is -0.344 e. The third-order valence-electron chi connectivity index (χ3n) is 2.96. The summed E-state index contributed by atoms with van der Waals surface area (Å²) in [6, 6.07) is 0. The Morgan fingerprint density at radius 2 is 1.90 bits per heavy atom. The molecule has 0 fully saturated rings. The van der Waals surface area contributed by atoms with Crippen molar-refractivity contribution in [3.63, 3.8) is 0 Å². The second-order valence-electron chi connectivity index (χ2n) is 5.23. The maximum atomic E-state index is 12.0. The van der Waals surface area contributed by atoms with Crippen molar-refractivity contribution in [1.29, 1.82) is 0 Å². The van der Waals surface area contributed by atoms with Crippen LogP contribution in [-0.2, 0) is 10.3 Å². The number of hydrogen-bond acceptors (Lipinski definition) is 4. The number of thiazole rings is 1. The van der Waals surface area contributed by atoms with Crippen molar-refractivity contribution < 1.29 is 4.79 Å². The Bertz CT molecular complexity index is 416. The first kappa shape index (κ1) is 21.9. The SMILES string of the molecule is CNCC(C)C(=O)NC(C)(C)c1nc(C)c(C)s1.Cl.Cl. The van der Waals surface area contributed by atoms with Gasteiger partial charge in [0.2, 0.25) is 5.91 Å². The van der Waals surface area contributed by atoms with Crippen molar-refractivity contribution in [3.8, 4) is 0 Å². The van der Waals surface area contributed by atoms with Gasteiger partial charge in [0.05, 0.1) is 11.2 Å². The summed E-state index contributed by atoms with van der Waals surface area (Å²) in [7, 11) is 1.85. The van der Waals surface area contributed by atoms with Crippen LogP contribution in [0.1, 0.15) is 36.3 Å². The van der Waals surface area contributed by atoms with E-state index < -0.39 is 5.54 Å². The number of halogens is 2. The molecule has 4 nitrogen and oxygen atoms in total. The number of rotatable bonds is 5. The first-order valence-electron chi connectivity index (χ1n) is 6.19. The highest BCUT2D eigenvalue weighted by atomic mass is 35.5. The maximum Gasteiger partial charge on any atom is 0.224 e. The molecule has 0 saturated heterocycles. The molecule has 0 aromatic carbocycles. The van der Waals surface area contributed by atoms with Gasteiger partial charge in [-0.3, -0.25) is 4.79 Å². The van der Waals surface area contributed by atoms with Crippen LogP contribution in [0.2, 0.25) is 0 Å². The van der Waals surface area contributed by atoms with Crippen molar-refractivity contribution >= 4 is 42.1 Å². The molecule has 0 spiro atoms. The molecule has 1 aromatic rings. The molecule has 0 saturated carbocycles. The highest BCUT2D eigenvalue weighted by molar-refractivity contribution is 7.11. The summed E-state index contributed by atoms with van der Waals surface area (Å²) in [5, 5.41) is 7.04. The van der Waals surface area contributed by atoms with E-state index in [0.717, 1.165) is 10.7 Å². The Hall–Kier alpha value is -0.360. The minimum absolute atomic E-state index is 0. The highest BCUT2D eigenvalue weighted by Gasteiger charge is 2.28. The molecule has 1 unspecified atom stereocenters. The molecule has 0 aliphatic rings. The molecule has 118 valence electrons. The zero-order valence-electron chi connectivity index (χ0n) is 12.9. The van der Waals surface area contributed by atoms with Crippen LogP contribution in [0.3, 0.4) is 0 Å². The Morgan fingerprint density at radius 1 is 1.35 bits per heavy atom. The predicted octanol–water partition coefficient (Wildman–Crippen LogP) is 2.81. The fraction of sp³-hybridized carbons (Fsp3) is 0.692. The first-order chi connectivity index (χ1) is 8.27. The van der Waals surface area contributed by atoms with Crippen LogP contribution in [0.15, 0.2) is 0 Å². The highest BCUT2D eigenvalue weighted by Crippen LogP contribution is 2.27. The number of aryl methyl sites for hydroxylation is 2. The first-order valence-corrected chi connectivity index (χ1v) is 7.00. The number of aromatic nitrogens is 1. The van der Waals surface area contributed by atoms with Crippen LogP contribution in [0.25, 0.3) is 0 Å². The molecule has 1 atom stereocenters. The molecule has 0 bridgehead atoms. The lowest BCUT2D eigenvalue weighted by atomic mass is 10.0. The van der Waals surface area contributed by atoms with Crippen molar-refractivity contribution in [2.45, 2.75) is 40.2 Å². The predicted molar refractivity (Wildman–Crippen MR) is 90.3 cm³/mol. The van der Waals surface area contributed by atoms with Crippen molar-refractivity contribution in [2.75, 3.05) is 13.6 Å². The molecule has 0 aliphatic heterocycles. The number of nitrogens with zero attached hydrogens (tertiary/aromatic N) is 1. The van der Waals surface area contributed by atoms with Crippen LogP contribution < -0.4 is 10.6 Å². The Labute approximate surface area is 138 Å². The largest absolute Gasteiger partial charge is 0.344 e. The zero-order chi connectivity index (χ0) is 13.9. The molecule has 1 heterocycles. The van der Waals surface area contributed by atoms with E-state index in [1.165, 1.54) is 4.88 Å². The van der Waals surface area contributed by atoms with Gasteiger partial charge >= 0.3 is 0 Å². The van der Waals surface area contributed by atoms with Crippen LogP contribution in [-0.4, -0.2) is 24.5 Å². The topological polar surface area (TPSA) is 54.0 Å².